The molecule has 0 radical (unpaired) electrons. The standard InChI is InChI=1S/C20H23FN4O3/c21-16-4-2-1-3-15(16)5-9-22-18(26)17-6-10-23-19(24-17)25-11-7-20(8-12-25)27-13-14-28-20/h1-4,6,10H,5,7-9,11-14H2,(H,22,26). The van der Waals surface area contributed by atoms with E-state index >= 15 is 0 Å². The van der Waals surface area contributed by atoms with E-state index in [4.69, 9.17) is 9.47 Å². The lowest BCUT2D eigenvalue weighted by Crippen LogP contribution is -2.45. The minimum atomic E-state index is -0.460. The second kappa shape index (κ2) is 8.20. The number of anilines is 1. The van der Waals surface area contributed by atoms with Gasteiger partial charge in [-0.15, -0.1) is 0 Å². The monoisotopic (exact) mass is 386 g/mol. The molecule has 0 bridgehead atoms. The lowest BCUT2D eigenvalue weighted by atomic mass is 10.0. The van der Waals surface area contributed by atoms with Gasteiger partial charge >= 0.3 is 0 Å². The first-order valence-electron chi connectivity index (χ1n) is 9.53. The zero-order valence-corrected chi connectivity index (χ0v) is 15.6. The molecule has 28 heavy (non-hydrogen) atoms. The molecule has 3 heterocycles. The van der Waals surface area contributed by atoms with Crippen LogP contribution in [0.3, 0.4) is 0 Å². The molecule has 1 aromatic carbocycles. The first kappa shape index (κ1) is 18.8. The van der Waals surface area contributed by atoms with E-state index in [0.717, 1.165) is 12.8 Å². The van der Waals surface area contributed by atoms with Crippen LogP contribution in [-0.2, 0) is 15.9 Å². The second-order valence-corrected chi connectivity index (χ2v) is 6.93. The van der Waals surface area contributed by atoms with Crippen LogP contribution < -0.4 is 10.2 Å². The van der Waals surface area contributed by atoms with Gasteiger partial charge in [-0.25, -0.2) is 14.4 Å². The van der Waals surface area contributed by atoms with Gasteiger partial charge < -0.3 is 19.7 Å². The average Bonchev–Trinajstić information content (AvgIpc) is 3.18. The van der Waals surface area contributed by atoms with Crippen molar-refractivity contribution in [1.29, 1.82) is 0 Å². The van der Waals surface area contributed by atoms with Gasteiger partial charge in [0.05, 0.1) is 13.2 Å². The number of halogens is 1. The summed E-state index contributed by atoms with van der Waals surface area (Å²) >= 11 is 0. The molecule has 0 atom stereocenters. The molecule has 0 unspecified atom stereocenters. The van der Waals surface area contributed by atoms with Crippen LogP contribution in [0.1, 0.15) is 28.9 Å². The predicted molar refractivity (Wildman–Crippen MR) is 101 cm³/mol. The van der Waals surface area contributed by atoms with Crippen molar-refractivity contribution in [1.82, 2.24) is 15.3 Å². The Bertz CT molecular complexity index is 832. The summed E-state index contributed by atoms with van der Waals surface area (Å²) in [6.45, 7) is 3.02. The van der Waals surface area contributed by atoms with Crippen LogP contribution in [0.25, 0.3) is 0 Å². The number of carbonyl (C=O) groups excluding carboxylic acids is 1. The molecule has 2 fully saturated rings. The van der Waals surface area contributed by atoms with Crippen LogP contribution in [0.5, 0.6) is 0 Å². The van der Waals surface area contributed by atoms with E-state index < -0.39 is 5.79 Å². The summed E-state index contributed by atoms with van der Waals surface area (Å²) < 4.78 is 25.1. The van der Waals surface area contributed by atoms with Gasteiger partial charge in [0.2, 0.25) is 5.95 Å². The number of amides is 1. The smallest absolute Gasteiger partial charge is 0.270 e. The van der Waals surface area contributed by atoms with Crippen molar-refractivity contribution in [2.24, 2.45) is 0 Å². The van der Waals surface area contributed by atoms with Crippen molar-refractivity contribution >= 4 is 11.9 Å². The molecule has 2 aliphatic rings. The number of ether oxygens (including phenoxy) is 2. The van der Waals surface area contributed by atoms with Crippen molar-refractivity contribution in [3.8, 4) is 0 Å². The molecule has 1 N–H and O–H groups in total. The summed E-state index contributed by atoms with van der Waals surface area (Å²) in [4.78, 5) is 23.1. The van der Waals surface area contributed by atoms with Gasteiger partial charge in [-0.2, -0.15) is 0 Å². The minimum Gasteiger partial charge on any atom is -0.350 e. The topological polar surface area (TPSA) is 76.6 Å². The Hall–Kier alpha value is -2.58. The molecule has 148 valence electrons. The number of nitrogens with one attached hydrogen (secondary N) is 1. The minimum absolute atomic E-state index is 0.265. The van der Waals surface area contributed by atoms with Gasteiger partial charge in [0.15, 0.2) is 5.79 Å². The molecule has 1 spiro atoms. The van der Waals surface area contributed by atoms with Crippen LogP contribution in [0, 0.1) is 5.82 Å². The highest BCUT2D eigenvalue weighted by Crippen LogP contribution is 2.32. The molecule has 8 heteroatoms. The maximum Gasteiger partial charge on any atom is 0.270 e. The molecule has 4 rings (SSSR count). The van der Waals surface area contributed by atoms with Crippen molar-refractivity contribution < 1.29 is 18.7 Å². The number of carbonyl (C=O) groups is 1. The van der Waals surface area contributed by atoms with Crippen LogP contribution in [0.15, 0.2) is 36.5 Å². The lowest BCUT2D eigenvalue weighted by Gasteiger charge is -2.37. The fourth-order valence-electron chi connectivity index (χ4n) is 3.56. The quantitative estimate of drug-likeness (QED) is 0.846. The summed E-state index contributed by atoms with van der Waals surface area (Å²) in [7, 11) is 0. The zero-order valence-electron chi connectivity index (χ0n) is 15.6. The van der Waals surface area contributed by atoms with E-state index in [9.17, 15) is 9.18 Å². The highest BCUT2D eigenvalue weighted by molar-refractivity contribution is 5.92. The fraction of sp³-hybridized carbons (Fsp3) is 0.450. The van der Waals surface area contributed by atoms with E-state index in [-0.39, 0.29) is 11.7 Å². The summed E-state index contributed by atoms with van der Waals surface area (Å²) in [5.41, 5.74) is 0.872. The van der Waals surface area contributed by atoms with E-state index in [1.807, 2.05) is 4.90 Å². The molecule has 0 saturated carbocycles. The maximum absolute atomic E-state index is 13.6. The number of aromatic nitrogens is 2. The highest BCUT2D eigenvalue weighted by Gasteiger charge is 2.40. The molecule has 2 aliphatic heterocycles. The number of nitrogens with zero attached hydrogens (tertiary/aromatic N) is 3. The van der Waals surface area contributed by atoms with Crippen molar-refractivity contribution in [2.45, 2.75) is 25.0 Å². The Morgan fingerprint density at radius 3 is 2.68 bits per heavy atom. The molecule has 2 saturated heterocycles. The zero-order chi connectivity index (χ0) is 19.4. The van der Waals surface area contributed by atoms with Gasteiger partial charge in [0.25, 0.3) is 5.91 Å². The van der Waals surface area contributed by atoms with Crippen molar-refractivity contribution in [3.05, 3.63) is 53.6 Å². The average molecular weight is 386 g/mol. The first-order chi connectivity index (χ1) is 13.7. The lowest BCUT2D eigenvalue weighted by molar-refractivity contribution is -0.169. The van der Waals surface area contributed by atoms with Crippen LogP contribution in [-0.4, -0.2) is 54.5 Å². The largest absolute Gasteiger partial charge is 0.350 e. The van der Waals surface area contributed by atoms with Gasteiger partial charge in [-0.05, 0) is 24.1 Å². The Balaban J connectivity index is 1.33. The second-order valence-electron chi connectivity index (χ2n) is 6.93. The van der Waals surface area contributed by atoms with Crippen LogP contribution >= 0.6 is 0 Å². The Kier molecular flexibility index (Phi) is 5.50. The number of piperidine rings is 1. The fourth-order valence-corrected chi connectivity index (χ4v) is 3.56. The molecular weight excluding hydrogens is 363 g/mol. The molecule has 1 amide bonds. The molecule has 2 aromatic rings. The Morgan fingerprint density at radius 2 is 1.93 bits per heavy atom. The van der Waals surface area contributed by atoms with Crippen LogP contribution in [0.4, 0.5) is 10.3 Å². The van der Waals surface area contributed by atoms with Crippen molar-refractivity contribution in [2.75, 3.05) is 37.7 Å². The third kappa shape index (κ3) is 4.13. The number of rotatable bonds is 5. The summed E-state index contributed by atoms with van der Waals surface area (Å²) in [5, 5.41) is 2.79. The van der Waals surface area contributed by atoms with Gasteiger partial charge in [-0.1, -0.05) is 18.2 Å². The molecule has 1 aromatic heterocycles. The van der Waals surface area contributed by atoms with E-state index in [0.29, 0.717) is 56.5 Å². The first-order valence-corrected chi connectivity index (χ1v) is 9.53. The Morgan fingerprint density at radius 1 is 1.18 bits per heavy atom. The maximum atomic E-state index is 13.6. The number of benzene rings is 1. The summed E-state index contributed by atoms with van der Waals surface area (Å²) in [5.74, 6) is -0.497. The highest BCUT2D eigenvalue weighted by atomic mass is 19.1. The third-order valence-corrected chi connectivity index (χ3v) is 5.13. The summed E-state index contributed by atoms with van der Waals surface area (Å²) in [6, 6.07) is 8.13. The van der Waals surface area contributed by atoms with E-state index in [1.54, 1.807) is 30.5 Å². The Labute approximate surface area is 162 Å². The predicted octanol–water partition coefficient (Wildman–Crippen LogP) is 1.93. The number of hydrogen-bond donors (Lipinski definition) is 1. The normalized spacial score (nSPS) is 18.4. The van der Waals surface area contributed by atoms with Crippen molar-refractivity contribution in [3.63, 3.8) is 0 Å². The van der Waals surface area contributed by atoms with Gasteiger partial charge in [-0.3, -0.25) is 4.79 Å². The summed E-state index contributed by atoms with van der Waals surface area (Å²) in [6.07, 6.45) is 3.50. The van der Waals surface area contributed by atoms with Gasteiger partial charge in [0.1, 0.15) is 11.5 Å². The molecule has 7 nitrogen and oxygen atoms in total. The number of hydrogen-bond acceptors (Lipinski definition) is 6. The van der Waals surface area contributed by atoms with Crippen LogP contribution in [0.2, 0.25) is 0 Å². The van der Waals surface area contributed by atoms with Gasteiger partial charge in [0, 0.05) is 38.7 Å². The molecule has 0 aliphatic carbocycles. The third-order valence-electron chi connectivity index (χ3n) is 5.13. The van der Waals surface area contributed by atoms with E-state index in [2.05, 4.69) is 15.3 Å². The van der Waals surface area contributed by atoms with E-state index in [1.165, 1.54) is 6.07 Å². The molecular formula is C20H23FN4O3. The SMILES string of the molecule is O=C(NCCc1ccccc1F)c1ccnc(N2CCC3(CC2)OCCO3)n1.